The monoisotopic (exact) mass is 403 g/mol. The number of aromatic hydroxyl groups is 1. The van der Waals surface area contributed by atoms with Crippen LogP contribution in [0.25, 0.3) is 0 Å². The van der Waals surface area contributed by atoms with Crippen LogP contribution in [0.5, 0.6) is 11.5 Å². The summed E-state index contributed by atoms with van der Waals surface area (Å²) in [5.41, 5.74) is 0.722. The third kappa shape index (κ3) is 5.25. The van der Waals surface area contributed by atoms with Gasteiger partial charge in [0.1, 0.15) is 16.4 Å². The molecule has 7 heteroatoms. The van der Waals surface area contributed by atoms with E-state index in [1.54, 1.807) is 24.3 Å². The van der Waals surface area contributed by atoms with Gasteiger partial charge in [-0.25, -0.2) is 8.42 Å². The molecule has 150 valence electrons. The minimum absolute atomic E-state index is 0.225. The fraction of sp³-hybridized carbons (Fsp3) is 0.381. The van der Waals surface area contributed by atoms with E-state index in [2.05, 4.69) is 5.32 Å². The zero-order chi connectivity index (χ0) is 20.1. The lowest BCUT2D eigenvalue weighted by atomic mass is 9.90. The van der Waals surface area contributed by atoms with Crippen molar-refractivity contribution in [2.24, 2.45) is 5.92 Å². The molecular weight excluding hydrogens is 378 g/mol. The second-order valence-electron chi connectivity index (χ2n) is 7.25. The number of hydrogen-bond donors (Lipinski definition) is 2. The second kappa shape index (κ2) is 8.65. The molecular formula is C21H25NO5S. The summed E-state index contributed by atoms with van der Waals surface area (Å²) < 4.78 is 29.2. The topological polar surface area (TPSA) is 92.7 Å². The molecule has 1 saturated carbocycles. The number of nitrogens with one attached hydrogen (secondary N) is 1. The van der Waals surface area contributed by atoms with Crippen molar-refractivity contribution < 1.29 is 23.1 Å². The zero-order valence-corrected chi connectivity index (χ0v) is 16.7. The number of amides is 1. The third-order valence-corrected chi connectivity index (χ3v) is 6.07. The van der Waals surface area contributed by atoms with Gasteiger partial charge in [-0.15, -0.1) is 0 Å². The second-order valence-corrected chi connectivity index (χ2v) is 9.23. The largest absolute Gasteiger partial charge is 0.507 e. The van der Waals surface area contributed by atoms with Crippen LogP contribution in [0.3, 0.4) is 0 Å². The quantitative estimate of drug-likeness (QED) is 0.711. The van der Waals surface area contributed by atoms with Gasteiger partial charge < -0.3 is 15.2 Å². The van der Waals surface area contributed by atoms with Crippen molar-refractivity contribution in [3.63, 3.8) is 0 Å². The predicted molar refractivity (Wildman–Crippen MR) is 108 cm³/mol. The van der Waals surface area contributed by atoms with Crippen LogP contribution in [0, 0.1) is 5.92 Å². The summed E-state index contributed by atoms with van der Waals surface area (Å²) >= 11 is 0. The van der Waals surface area contributed by atoms with Crippen molar-refractivity contribution in [3.8, 4) is 11.5 Å². The van der Waals surface area contributed by atoms with E-state index >= 15 is 0 Å². The van der Waals surface area contributed by atoms with Crippen molar-refractivity contribution in [3.05, 3.63) is 48.0 Å². The fourth-order valence-corrected chi connectivity index (χ4v) is 4.15. The maximum atomic E-state index is 12.4. The predicted octanol–water partition coefficient (Wildman–Crippen LogP) is 4.01. The number of phenolic OH excluding ortho intramolecular Hbond substituents is 1. The Morgan fingerprint density at radius 2 is 1.79 bits per heavy atom. The molecule has 1 fully saturated rings. The molecule has 1 amide bonds. The average Bonchev–Trinajstić information content (AvgIpc) is 2.68. The lowest BCUT2D eigenvalue weighted by molar-refractivity contribution is 0.102. The number of hydrogen-bond acceptors (Lipinski definition) is 5. The van der Waals surface area contributed by atoms with Crippen molar-refractivity contribution in [1.29, 1.82) is 0 Å². The Hall–Kier alpha value is -2.54. The summed E-state index contributed by atoms with van der Waals surface area (Å²) in [5.74, 6) is 0.616. The van der Waals surface area contributed by atoms with Gasteiger partial charge in [-0.2, -0.15) is 0 Å². The number of carbonyl (C=O) groups is 1. The lowest BCUT2D eigenvalue weighted by Gasteiger charge is -2.21. The fourth-order valence-electron chi connectivity index (χ4n) is 3.36. The normalized spacial score (nSPS) is 15.2. The van der Waals surface area contributed by atoms with E-state index in [1.807, 2.05) is 0 Å². The summed E-state index contributed by atoms with van der Waals surface area (Å²) in [7, 11) is -3.60. The Kier molecular flexibility index (Phi) is 6.24. The third-order valence-electron chi connectivity index (χ3n) is 4.94. The maximum absolute atomic E-state index is 12.4. The molecule has 0 atom stereocenters. The molecule has 1 aliphatic carbocycles. The Balaban J connectivity index is 1.62. The first-order valence-electron chi connectivity index (χ1n) is 9.40. The van der Waals surface area contributed by atoms with Gasteiger partial charge in [0.15, 0.2) is 9.84 Å². The van der Waals surface area contributed by atoms with Gasteiger partial charge in [-0.05, 0) is 61.2 Å². The molecule has 28 heavy (non-hydrogen) atoms. The molecule has 0 saturated heterocycles. The number of ether oxygens (including phenoxy) is 1. The highest BCUT2D eigenvalue weighted by molar-refractivity contribution is 7.90. The van der Waals surface area contributed by atoms with Crippen LogP contribution >= 0.6 is 0 Å². The summed E-state index contributed by atoms with van der Waals surface area (Å²) in [6, 6.07) is 10.8. The SMILES string of the molecule is CS(=O)(=O)c1cc(NC(=O)c2ccc(OCC3CCCCC3)cc2)ccc1O. The van der Waals surface area contributed by atoms with Crippen molar-refractivity contribution in [2.75, 3.05) is 18.2 Å². The van der Waals surface area contributed by atoms with Gasteiger partial charge in [0.25, 0.3) is 5.91 Å². The maximum Gasteiger partial charge on any atom is 0.255 e. The van der Waals surface area contributed by atoms with Crippen LogP contribution in [-0.4, -0.2) is 32.3 Å². The number of sulfone groups is 1. The van der Waals surface area contributed by atoms with Gasteiger partial charge in [0, 0.05) is 17.5 Å². The number of anilines is 1. The van der Waals surface area contributed by atoms with Crippen LogP contribution < -0.4 is 10.1 Å². The molecule has 0 unspecified atom stereocenters. The van der Waals surface area contributed by atoms with Crippen LogP contribution in [0.4, 0.5) is 5.69 Å². The highest BCUT2D eigenvalue weighted by Crippen LogP contribution is 2.27. The number of phenols is 1. The molecule has 0 aliphatic heterocycles. The molecule has 6 nitrogen and oxygen atoms in total. The molecule has 0 radical (unpaired) electrons. The van der Waals surface area contributed by atoms with E-state index in [-0.39, 0.29) is 16.6 Å². The minimum atomic E-state index is -3.60. The van der Waals surface area contributed by atoms with Crippen LogP contribution in [-0.2, 0) is 9.84 Å². The van der Waals surface area contributed by atoms with E-state index < -0.39 is 9.84 Å². The van der Waals surface area contributed by atoms with Crippen molar-refractivity contribution in [2.45, 2.75) is 37.0 Å². The number of carbonyl (C=O) groups excluding carboxylic acids is 1. The van der Waals surface area contributed by atoms with Crippen molar-refractivity contribution in [1.82, 2.24) is 0 Å². The Morgan fingerprint density at radius 3 is 2.43 bits per heavy atom. The van der Waals surface area contributed by atoms with Crippen LogP contribution in [0.1, 0.15) is 42.5 Å². The van der Waals surface area contributed by atoms with E-state index in [4.69, 9.17) is 4.74 Å². The molecule has 0 spiro atoms. The Morgan fingerprint density at radius 1 is 1.11 bits per heavy atom. The van der Waals surface area contributed by atoms with E-state index in [1.165, 1.54) is 50.3 Å². The van der Waals surface area contributed by atoms with Gasteiger partial charge in [0.05, 0.1) is 6.61 Å². The Labute approximate surface area is 165 Å². The number of benzene rings is 2. The summed E-state index contributed by atoms with van der Waals surface area (Å²) in [6.45, 7) is 0.702. The molecule has 0 bridgehead atoms. The average molecular weight is 404 g/mol. The Bertz CT molecular complexity index is 932. The van der Waals surface area contributed by atoms with E-state index in [0.29, 0.717) is 23.8 Å². The summed E-state index contributed by atoms with van der Waals surface area (Å²) in [6.07, 6.45) is 7.27. The van der Waals surface area contributed by atoms with E-state index in [0.717, 1.165) is 12.0 Å². The smallest absolute Gasteiger partial charge is 0.255 e. The van der Waals surface area contributed by atoms with Crippen LogP contribution in [0.2, 0.25) is 0 Å². The molecule has 0 heterocycles. The summed E-state index contributed by atoms with van der Waals surface area (Å²) in [4.78, 5) is 12.2. The van der Waals surface area contributed by atoms with Gasteiger partial charge in [0.2, 0.25) is 0 Å². The standard InChI is InChI=1S/C21H25NO5S/c1-28(25,26)20-13-17(9-12-19(20)23)22-21(24)16-7-10-18(11-8-16)27-14-15-5-3-2-4-6-15/h7-13,15,23H,2-6,14H2,1H3,(H,22,24). The van der Waals surface area contributed by atoms with Gasteiger partial charge in [-0.1, -0.05) is 19.3 Å². The van der Waals surface area contributed by atoms with Crippen LogP contribution in [0.15, 0.2) is 47.4 Å². The van der Waals surface area contributed by atoms with Crippen molar-refractivity contribution >= 4 is 21.4 Å². The molecule has 2 aromatic rings. The lowest BCUT2D eigenvalue weighted by Crippen LogP contribution is -2.15. The number of rotatable bonds is 6. The summed E-state index contributed by atoms with van der Waals surface area (Å²) in [5, 5.41) is 12.3. The molecule has 2 N–H and O–H groups in total. The van der Waals surface area contributed by atoms with Gasteiger partial charge in [-0.3, -0.25) is 4.79 Å². The molecule has 1 aliphatic rings. The first-order chi connectivity index (χ1) is 13.3. The molecule has 3 rings (SSSR count). The molecule has 2 aromatic carbocycles. The zero-order valence-electron chi connectivity index (χ0n) is 15.8. The highest BCUT2D eigenvalue weighted by atomic mass is 32.2. The first kappa shape index (κ1) is 20.2. The minimum Gasteiger partial charge on any atom is -0.507 e. The highest BCUT2D eigenvalue weighted by Gasteiger charge is 2.16. The van der Waals surface area contributed by atoms with E-state index in [9.17, 15) is 18.3 Å². The molecule has 0 aromatic heterocycles. The first-order valence-corrected chi connectivity index (χ1v) is 11.3. The van der Waals surface area contributed by atoms with Gasteiger partial charge >= 0.3 is 0 Å².